The topological polar surface area (TPSA) is 59.3 Å². The number of fused-ring (bicyclic) bond motifs is 4. The summed E-state index contributed by atoms with van der Waals surface area (Å²) in [7, 11) is 0. The molecule has 1 fully saturated rings. The monoisotopic (exact) mass is 380 g/mol. The largest absolute Gasteiger partial charge is 0.367 e. The molecule has 4 heterocycles. The Morgan fingerprint density at radius 2 is 1.89 bits per heavy atom. The lowest BCUT2D eigenvalue weighted by atomic mass is 10.0. The van der Waals surface area contributed by atoms with E-state index in [0.717, 1.165) is 13.1 Å². The quantitative estimate of drug-likeness (QED) is 0.581. The standard InChI is InChI=1S/C21H21FN4O2/c1-12(2)26-16-11-17(24-8-5-23-6-9-24)14(22)10-13(16)20(27)18-19(26)15-4-3-7-25(15)21(18)28/h3-4,7,10-12,23H,5-6,8-9H2,1-2H3. The summed E-state index contributed by atoms with van der Waals surface area (Å²) in [6.07, 6.45) is 1.67. The van der Waals surface area contributed by atoms with Crippen LogP contribution in [-0.4, -0.2) is 41.2 Å². The van der Waals surface area contributed by atoms with E-state index in [4.69, 9.17) is 0 Å². The molecule has 0 amide bonds. The fourth-order valence-electron chi connectivity index (χ4n) is 4.42. The van der Waals surface area contributed by atoms with Crippen LogP contribution in [0.2, 0.25) is 0 Å². The highest BCUT2D eigenvalue weighted by atomic mass is 19.1. The number of piperazine rings is 1. The lowest BCUT2D eigenvalue weighted by molar-refractivity contribution is 0.0968. The van der Waals surface area contributed by atoms with Crippen molar-refractivity contribution >= 4 is 22.5 Å². The molecule has 2 aromatic heterocycles. The van der Waals surface area contributed by atoms with Crippen molar-refractivity contribution in [1.82, 2.24) is 14.5 Å². The van der Waals surface area contributed by atoms with Gasteiger partial charge in [-0.15, -0.1) is 0 Å². The molecule has 0 saturated carbocycles. The van der Waals surface area contributed by atoms with Gasteiger partial charge in [0.2, 0.25) is 5.43 Å². The molecule has 0 bridgehead atoms. The molecular weight excluding hydrogens is 359 g/mol. The fraction of sp³-hybridized carbons (Fsp3) is 0.333. The van der Waals surface area contributed by atoms with Gasteiger partial charge in [-0.3, -0.25) is 14.2 Å². The van der Waals surface area contributed by atoms with Crippen molar-refractivity contribution in [2.24, 2.45) is 0 Å². The molecule has 3 aromatic rings. The first-order chi connectivity index (χ1) is 13.5. The zero-order chi connectivity index (χ0) is 19.6. The first-order valence-corrected chi connectivity index (χ1v) is 9.59. The van der Waals surface area contributed by atoms with E-state index in [0.29, 0.717) is 35.7 Å². The van der Waals surface area contributed by atoms with Gasteiger partial charge < -0.3 is 14.8 Å². The van der Waals surface area contributed by atoms with Crippen molar-refractivity contribution in [3.05, 3.63) is 52.1 Å². The van der Waals surface area contributed by atoms with Gasteiger partial charge in [0.05, 0.1) is 22.6 Å². The Hall–Kier alpha value is -2.93. The van der Waals surface area contributed by atoms with Gasteiger partial charge in [0, 0.05) is 43.8 Å². The molecule has 0 atom stereocenters. The van der Waals surface area contributed by atoms with Gasteiger partial charge in [0.25, 0.3) is 5.91 Å². The van der Waals surface area contributed by atoms with Crippen LogP contribution in [-0.2, 0) is 0 Å². The number of benzene rings is 1. The summed E-state index contributed by atoms with van der Waals surface area (Å²) in [6.45, 7) is 7.02. The maximum absolute atomic E-state index is 15.0. The summed E-state index contributed by atoms with van der Waals surface area (Å²) in [5.41, 5.74) is 2.23. The summed E-state index contributed by atoms with van der Waals surface area (Å²) in [5.74, 6) is -0.769. The van der Waals surface area contributed by atoms with Crippen LogP contribution in [0.15, 0.2) is 35.3 Å². The maximum Gasteiger partial charge on any atom is 0.268 e. The Morgan fingerprint density at radius 3 is 2.61 bits per heavy atom. The molecule has 7 heteroatoms. The third-order valence-corrected chi connectivity index (χ3v) is 5.67. The van der Waals surface area contributed by atoms with E-state index >= 15 is 0 Å². The second kappa shape index (κ2) is 6.04. The molecule has 1 N–H and O–H groups in total. The van der Waals surface area contributed by atoms with Gasteiger partial charge in [-0.2, -0.15) is 0 Å². The van der Waals surface area contributed by atoms with Gasteiger partial charge in [-0.25, -0.2) is 4.39 Å². The number of hydrogen-bond donors (Lipinski definition) is 1. The van der Waals surface area contributed by atoms with E-state index in [9.17, 15) is 14.0 Å². The van der Waals surface area contributed by atoms with Crippen LogP contribution in [0, 0.1) is 5.82 Å². The van der Waals surface area contributed by atoms with Crippen molar-refractivity contribution in [3.63, 3.8) is 0 Å². The Kier molecular flexibility index (Phi) is 3.71. The Morgan fingerprint density at radius 1 is 1.14 bits per heavy atom. The second-order valence-electron chi connectivity index (χ2n) is 7.64. The molecule has 5 rings (SSSR count). The van der Waals surface area contributed by atoms with Crippen LogP contribution in [0.1, 0.15) is 30.2 Å². The molecule has 0 aliphatic carbocycles. The number of carbonyl (C=O) groups excluding carboxylic acids is 1. The summed E-state index contributed by atoms with van der Waals surface area (Å²) in [4.78, 5) is 28.0. The highest BCUT2D eigenvalue weighted by Gasteiger charge is 2.34. The van der Waals surface area contributed by atoms with Gasteiger partial charge in [-0.05, 0) is 38.1 Å². The van der Waals surface area contributed by atoms with Gasteiger partial charge >= 0.3 is 0 Å². The number of rotatable bonds is 2. The van der Waals surface area contributed by atoms with Crippen molar-refractivity contribution in [1.29, 1.82) is 0 Å². The predicted octanol–water partition coefficient (Wildman–Crippen LogP) is 2.60. The molecule has 1 aromatic carbocycles. The van der Waals surface area contributed by atoms with Crippen molar-refractivity contribution < 1.29 is 9.18 Å². The van der Waals surface area contributed by atoms with Crippen LogP contribution in [0.5, 0.6) is 0 Å². The SMILES string of the molecule is CC(C)n1c2c(c(=O)c3cc(F)c(N4CCNCC4)cc31)C(=O)n1cccc1-2. The van der Waals surface area contributed by atoms with Crippen LogP contribution in [0.3, 0.4) is 0 Å². The number of nitrogens with zero attached hydrogens (tertiary/aromatic N) is 3. The van der Waals surface area contributed by atoms with Crippen molar-refractivity contribution in [2.45, 2.75) is 19.9 Å². The lowest BCUT2D eigenvalue weighted by Gasteiger charge is -2.30. The van der Waals surface area contributed by atoms with Gasteiger partial charge in [0.15, 0.2) is 0 Å². The van der Waals surface area contributed by atoms with Gasteiger partial charge in [-0.1, -0.05) is 0 Å². The van der Waals surface area contributed by atoms with E-state index in [-0.39, 0.29) is 22.9 Å². The molecule has 2 aliphatic rings. The molecule has 0 spiro atoms. The normalized spacial score (nSPS) is 16.1. The zero-order valence-electron chi connectivity index (χ0n) is 15.8. The third kappa shape index (κ3) is 2.22. The van der Waals surface area contributed by atoms with E-state index < -0.39 is 11.2 Å². The van der Waals surface area contributed by atoms with Crippen LogP contribution in [0.25, 0.3) is 22.3 Å². The first-order valence-electron chi connectivity index (χ1n) is 9.59. The molecule has 0 unspecified atom stereocenters. The average molecular weight is 380 g/mol. The van der Waals surface area contributed by atoms with Crippen molar-refractivity contribution in [2.75, 3.05) is 31.1 Å². The Balaban J connectivity index is 1.87. The first kappa shape index (κ1) is 17.2. The number of aromatic nitrogens is 2. The minimum atomic E-state index is -0.424. The zero-order valence-corrected chi connectivity index (χ0v) is 15.8. The number of hydrogen-bond acceptors (Lipinski definition) is 4. The molecule has 6 nitrogen and oxygen atoms in total. The van der Waals surface area contributed by atoms with Crippen LogP contribution < -0.4 is 15.6 Å². The third-order valence-electron chi connectivity index (χ3n) is 5.67. The summed E-state index contributed by atoms with van der Waals surface area (Å²) in [6, 6.07) is 6.71. The van der Waals surface area contributed by atoms with E-state index in [2.05, 4.69) is 5.32 Å². The number of anilines is 1. The maximum atomic E-state index is 15.0. The highest BCUT2D eigenvalue weighted by molar-refractivity contribution is 6.10. The minimum absolute atomic E-state index is 0.00701. The Bertz CT molecular complexity index is 1190. The highest BCUT2D eigenvalue weighted by Crippen LogP contribution is 2.36. The smallest absolute Gasteiger partial charge is 0.268 e. The number of pyridine rings is 1. The van der Waals surface area contributed by atoms with E-state index in [1.807, 2.05) is 29.4 Å². The summed E-state index contributed by atoms with van der Waals surface area (Å²) < 4.78 is 18.5. The summed E-state index contributed by atoms with van der Waals surface area (Å²) in [5, 5.41) is 3.52. The number of nitrogens with one attached hydrogen (secondary N) is 1. The number of halogens is 1. The lowest BCUT2D eigenvalue weighted by Crippen LogP contribution is -2.44. The summed E-state index contributed by atoms with van der Waals surface area (Å²) >= 11 is 0. The molecule has 0 radical (unpaired) electrons. The Labute approximate surface area is 161 Å². The minimum Gasteiger partial charge on any atom is -0.367 e. The fourth-order valence-corrected chi connectivity index (χ4v) is 4.42. The molecular formula is C21H21FN4O2. The van der Waals surface area contributed by atoms with Crippen molar-refractivity contribution in [3.8, 4) is 11.4 Å². The number of carbonyl (C=O) groups is 1. The average Bonchev–Trinajstić information content (AvgIpc) is 3.26. The molecule has 144 valence electrons. The van der Waals surface area contributed by atoms with Crippen LogP contribution >= 0.6 is 0 Å². The second-order valence-corrected chi connectivity index (χ2v) is 7.64. The predicted molar refractivity (Wildman–Crippen MR) is 107 cm³/mol. The van der Waals surface area contributed by atoms with E-state index in [1.54, 1.807) is 18.3 Å². The molecule has 1 saturated heterocycles. The van der Waals surface area contributed by atoms with E-state index in [1.165, 1.54) is 10.6 Å². The molecule has 2 aliphatic heterocycles. The molecule has 28 heavy (non-hydrogen) atoms. The van der Waals surface area contributed by atoms with Gasteiger partial charge in [0.1, 0.15) is 11.4 Å². The van der Waals surface area contributed by atoms with Crippen LogP contribution in [0.4, 0.5) is 10.1 Å².